The van der Waals surface area contributed by atoms with Crippen molar-refractivity contribution in [3.63, 3.8) is 0 Å². The highest BCUT2D eigenvalue weighted by molar-refractivity contribution is 6.02. The minimum absolute atomic E-state index is 0.0199. The molecule has 3 aromatic rings. The molecule has 0 spiro atoms. The molecule has 0 aliphatic rings. The van der Waals surface area contributed by atoms with Gasteiger partial charge in [-0.15, -0.1) is 0 Å². The highest BCUT2D eigenvalue weighted by atomic mass is 16.3. The molecule has 1 amide bonds. The van der Waals surface area contributed by atoms with Crippen LogP contribution >= 0.6 is 0 Å². The number of carbonyl (C=O) groups excluding carboxylic acids is 1. The Kier molecular flexibility index (Phi) is 6.80. The summed E-state index contributed by atoms with van der Waals surface area (Å²) in [6.45, 7) is 5.00. The maximum absolute atomic E-state index is 12.9. The summed E-state index contributed by atoms with van der Waals surface area (Å²) in [6, 6.07) is 23.9. The van der Waals surface area contributed by atoms with E-state index in [2.05, 4.69) is 24.1 Å². The predicted molar refractivity (Wildman–Crippen MR) is 115 cm³/mol. The Morgan fingerprint density at radius 1 is 0.964 bits per heavy atom. The lowest BCUT2D eigenvalue weighted by molar-refractivity contribution is -0.118. The van der Waals surface area contributed by atoms with E-state index in [0.717, 1.165) is 22.0 Å². The summed E-state index contributed by atoms with van der Waals surface area (Å²) in [4.78, 5) is 14.9. The summed E-state index contributed by atoms with van der Waals surface area (Å²) in [5, 5.41) is 15.1. The van der Waals surface area contributed by atoms with Crippen molar-refractivity contribution in [1.29, 1.82) is 0 Å². The third kappa shape index (κ3) is 4.97. The Bertz CT molecular complexity index is 903. The number of anilines is 1. The summed E-state index contributed by atoms with van der Waals surface area (Å²) in [5.74, 6) is 0.158. The van der Waals surface area contributed by atoms with E-state index >= 15 is 0 Å². The maximum Gasteiger partial charge on any atom is 0.238 e. The largest absolute Gasteiger partial charge is 0.395 e. The van der Waals surface area contributed by atoms with Crippen LogP contribution in [0.15, 0.2) is 72.8 Å². The van der Waals surface area contributed by atoms with Crippen molar-refractivity contribution < 1.29 is 9.90 Å². The molecule has 0 bridgehead atoms. The van der Waals surface area contributed by atoms with Gasteiger partial charge in [0.15, 0.2) is 0 Å². The lowest BCUT2D eigenvalue weighted by Crippen LogP contribution is -2.45. The van der Waals surface area contributed by atoms with Gasteiger partial charge in [-0.05, 0) is 22.9 Å². The summed E-state index contributed by atoms with van der Waals surface area (Å²) in [6.07, 6.45) is 0. The fourth-order valence-corrected chi connectivity index (χ4v) is 3.56. The van der Waals surface area contributed by atoms with Gasteiger partial charge in [0.1, 0.15) is 0 Å². The van der Waals surface area contributed by atoms with Gasteiger partial charge in [0.25, 0.3) is 0 Å². The molecule has 3 aromatic carbocycles. The number of benzene rings is 3. The molecule has 4 heteroatoms. The van der Waals surface area contributed by atoms with Crippen LogP contribution < -0.4 is 5.32 Å². The van der Waals surface area contributed by atoms with Gasteiger partial charge >= 0.3 is 0 Å². The third-order valence-electron chi connectivity index (χ3n) is 5.06. The van der Waals surface area contributed by atoms with Crippen LogP contribution in [0.2, 0.25) is 0 Å². The molecule has 0 fully saturated rings. The van der Waals surface area contributed by atoms with E-state index in [9.17, 15) is 9.90 Å². The summed E-state index contributed by atoms with van der Waals surface area (Å²) >= 11 is 0. The van der Waals surface area contributed by atoms with E-state index < -0.39 is 0 Å². The van der Waals surface area contributed by atoms with Crippen molar-refractivity contribution in [2.24, 2.45) is 5.92 Å². The summed E-state index contributed by atoms with van der Waals surface area (Å²) < 4.78 is 0. The van der Waals surface area contributed by atoms with Gasteiger partial charge < -0.3 is 10.4 Å². The highest BCUT2D eigenvalue weighted by Crippen LogP contribution is 2.23. The maximum atomic E-state index is 12.9. The highest BCUT2D eigenvalue weighted by Gasteiger charge is 2.23. The first-order valence-corrected chi connectivity index (χ1v) is 9.75. The average molecular weight is 377 g/mol. The Labute approximate surface area is 166 Å². The molecular formula is C24H28N2O2. The summed E-state index contributed by atoms with van der Waals surface area (Å²) in [7, 11) is 0. The van der Waals surface area contributed by atoms with Gasteiger partial charge in [0, 0.05) is 23.7 Å². The molecule has 0 aliphatic carbocycles. The minimum Gasteiger partial charge on any atom is -0.395 e. The quantitative estimate of drug-likeness (QED) is 0.616. The van der Waals surface area contributed by atoms with Crippen LogP contribution in [0.25, 0.3) is 10.8 Å². The average Bonchev–Trinajstić information content (AvgIpc) is 2.69. The number of nitrogens with zero attached hydrogens (tertiary/aromatic N) is 1. The van der Waals surface area contributed by atoms with Gasteiger partial charge in [0.2, 0.25) is 5.91 Å². The SMILES string of the molecule is CC(C)C(CO)N(CC(=O)Nc1cccc2ccccc12)Cc1ccccc1. The number of nitrogens with one attached hydrogen (secondary N) is 1. The van der Waals surface area contributed by atoms with Gasteiger partial charge in [-0.2, -0.15) is 0 Å². The molecule has 0 saturated carbocycles. The first-order valence-electron chi connectivity index (χ1n) is 9.75. The first-order chi connectivity index (χ1) is 13.6. The fraction of sp³-hybridized carbons (Fsp3) is 0.292. The standard InChI is InChI=1S/C24H28N2O2/c1-18(2)23(17-27)26(15-19-9-4-3-5-10-19)16-24(28)25-22-14-8-12-20-11-6-7-13-21(20)22/h3-14,18,23,27H,15-17H2,1-2H3,(H,25,28). The van der Waals surface area contributed by atoms with Gasteiger partial charge in [-0.1, -0.05) is 80.6 Å². The van der Waals surface area contributed by atoms with E-state index in [1.807, 2.05) is 72.8 Å². The van der Waals surface area contributed by atoms with Crippen LogP contribution in [-0.4, -0.2) is 35.1 Å². The lowest BCUT2D eigenvalue weighted by atomic mass is 10.0. The minimum atomic E-state index is -0.0847. The lowest BCUT2D eigenvalue weighted by Gasteiger charge is -2.32. The summed E-state index contributed by atoms with van der Waals surface area (Å²) in [5.41, 5.74) is 1.94. The van der Waals surface area contributed by atoms with Crippen LogP contribution in [0.4, 0.5) is 5.69 Å². The molecule has 0 aliphatic heterocycles. The molecule has 0 radical (unpaired) electrons. The van der Waals surface area contributed by atoms with Crippen LogP contribution in [0.5, 0.6) is 0 Å². The number of rotatable bonds is 8. The topological polar surface area (TPSA) is 52.6 Å². The monoisotopic (exact) mass is 376 g/mol. The second kappa shape index (κ2) is 9.49. The van der Waals surface area contributed by atoms with E-state index in [4.69, 9.17) is 0 Å². The normalized spacial score (nSPS) is 12.5. The van der Waals surface area contributed by atoms with Crippen molar-refractivity contribution in [2.45, 2.75) is 26.4 Å². The molecule has 3 rings (SSSR count). The smallest absolute Gasteiger partial charge is 0.238 e. The van der Waals surface area contributed by atoms with E-state index in [-0.39, 0.29) is 31.0 Å². The zero-order valence-corrected chi connectivity index (χ0v) is 16.5. The fourth-order valence-electron chi connectivity index (χ4n) is 3.56. The van der Waals surface area contributed by atoms with Gasteiger partial charge in [0.05, 0.1) is 13.2 Å². The Morgan fingerprint density at radius 2 is 1.64 bits per heavy atom. The van der Waals surface area contributed by atoms with Crippen molar-refractivity contribution in [3.8, 4) is 0 Å². The van der Waals surface area contributed by atoms with E-state index in [1.54, 1.807) is 0 Å². The van der Waals surface area contributed by atoms with E-state index in [0.29, 0.717) is 6.54 Å². The predicted octanol–water partition coefficient (Wildman–Crippen LogP) is 4.30. The number of aliphatic hydroxyl groups is 1. The number of hydrogen-bond acceptors (Lipinski definition) is 3. The third-order valence-corrected chi connectivity index (χ3v) is 5.06. The van der Waals surface area contributed by atoms with Crippen molar-refractivity contribution in [1.82, 2.24) is 4.90 Å². The molecule has 2 N–H and O–H groups in total. The zero-order valence-electron chi connectivity index (χ0n) is 16.5. The molecule has 0 heterocycles. The molecular weight excluding hydrogens is 348 g/mol. The van der Waals surface area contributed by atoms with E-state index in [1.165, 1.54) is 0 Å². The Balaban J connectivity index is 1.78. The second-order valence-corrected chi connectivity index (χ2v) is 7.46. The second-order valence-electron chi connectivity index (χ2n) is 7.46. The van der Waals surface area contributed by atoms with Crippen LogP contribution in [0.1, 0.15) is 19.4 Å². The number of carbonyl (C=O) groups is 1. The zero-order chi connectivity index (χ0) is 19.9. The number of hydrogen-bond donors (Lipinski definition) is 2. The molecule has 0 saturated heterocycles. The van der Waals surface area contributed by atoms with Crippen LogP contribution in [-0.2, 0) is 11.3 Å². The van der Waals surface area contributed by atoms with Crippen LogP contribution in [0, 0.1) is 5.92 Å². The Morgan fingerprint density at radius 3 is 2.36 bits per heavy atom. The van der Waals surface area contributed by atoms with Gasteiger partial charge in [-0.25, -0.2) is 0 Å². The molecule has 28 heavy (non-hydrogen) atoms. The number of fused-ring (bicyclic) bond motifs is 1. The Hall–Kier alpha value is -2.69. The van der Waals surface area contributed by atoms with Crippen molar-refractivity contribution in [2.75, 3.05) is 18.5 Å². The van der Waals surface area contributed by atoms with Crippen molar-refractivity contribution >= 4 is 22.4 Å². The van der Waals surface area contributed by atoms with Crippen molar-refractivity contribution in [3.05, 3.63) is 78.4 Å². The molecule has 4 nitrogen and oxygen atoms in total. The first kappa shape index (κ1) is 20.1. The molecule has 1 atom stereocenters. The van der Waals surface area contributed by atoms with Gasteiger partial charge in [-0.3, -0.25) is 9.69 Å². The molecule has 0 aromatic heterocycles. The molecule has 146 valence electrons. The van der Waals surface area contributed by atoms with Crippen LogP contribution in [0.3, 0.4) is 0 Å². The molecule has 1 unspecified atom stereocenters. The number of amides is 1. The number of aliphatic hydroxyl groups excluding tert-OH is 1.